The van der Waals surface area contributed by atoms with E-state index in [0.29, 0.717) is 12.3 Å². The number of hydrogen-bond donors (Lipinski definition) is 0. The number of carbonyl (C=O) groups is 1. The molecule has 3 rings (SSSR count). The van der Waals surface area contributed by atoms with Crippen LogP contribution in [0.15, 0.2) is 30.3 Å². The van der Waals surface area contributed by atoms with Crippen LogP contribution in [0.4, 0.5) is 5.69 Å². The fourth-order valence-corrected chi connectivity index (χ4v) is 4.08. The number of amides is 1. The summed E-state index contributed by atoms with van der Waals surface area (Å²) in [6.45, 7) is 8.86. The second kappa shape index (κ2) is 9.49. The van der Waals surface area contributed by atoms with Gasteiger partial charge in [-0.25, -0.2) is 0 Å². The quantitative estimate of drug-likeness (QED) is 0.781. The summed E-state index contributed by atoms with van der Waals surface area (Å²) in [4.78, 5) is 17.2. The number of para-hydroxylation sites is 1. The maximum atomic E-state index is 12.7. The molecule has 5 heteroatoms. The zero-order valence-corrected chi connectivity index (χ0v) is 16.1. The first-order valence-corrected chi connectivity index (χ1v) is 10.0. The molecule has 144 valence electrons. The minimum absolute atomic E-state index is 0.0423. The van der Waals surface area contributed by atoms with Gasteiger partial charge in [-0.3, -0.25) is 4.79 Å². The van der Waals surface area contributed by atoms with Crippen molar-refractivity contribution < 1.29 is 14.3 Å². The number of nitrogens with zero attached hydrogens (tertiary/aromatic N) is 2. The van der Waals surface area contributed by atoms with Crippen molar-refractivity contribution in [1.82, 2.24) is 4.90 Å². The summed E-state index contributed by atoms with van der Waals surface area (Å²) in [6, 6.07) is 10.4. The summed E-state index contributed by atoms with van der Waals surface area (Å²) in [5.74, 6) is 0.651. The van der Waals surface area contributed by atoms with Gasteiger partial charge in [0.15, 0.2) is 6.29 Å². The van der Waals surface area contributed by atoms with Crippen molar-refractivity contribution >= 4 is 11.6 Å². The van der Waals surface area contributed by atoms with E-state index in [-0.39, 0.29) is 18.2 Å². The Morgan fingerprint density at radius 3 is 2.62 bits per heavy atom. The standard InChI is InChI=1S/C21H32N2O3/c1-3-20(24)23(18-8-5-4-6-9-18)19-10-12-22(16-17(19)2)13-11-21-25-14-7-15-26-21/h4-6,8-9,17,19,21H,3,7,10-16H2,1-2H3. The number of likely N-dealkylation sites (tertiary alicyclic amines) is 1. The lowest BCUT2D eigenvalue weighted by Crippen LogP contribution is -2.52. The van der Waals surface area contributed by atoms with E-state index in [0.717, 1.165) is 57.8 Å². The molecule has 0 saturated carbocycles. The Balaban J connectivity index is 1.58. The summed E-state index contributed by atoms with van der Waals surface area (Å²) in [6.07, 6.45) is 3.43. The minimum Gasteiger partial charge on any atom is -0.353 e. The Morgan fingerprint density at radius 1 is 1.23 bits per heavy atom. The molecule has 1 aromatic carbocycles. The van der Waals surface area contributed by atoms with E-state index in [2.05, 4.69) is 11.8 Å². The number of carbonyl (C=O) groups excluding carboxylic acids is 1. The molecule has 26 heavy (non-hydrogen) atoms. The lowest BCUT2D eigenvalue weighted by molar-refractivity contribution is -0.183. The normalized spacial score (nSPS) is 25.2. The first-order valence-electron chi connectivity index (χ1n) is 10.0. The molecule has 2 atom stereocenters. The highest BCUT2D eigenvalue weighted by Gasteiger charge is 2.33. The molecule has 0 N–H and O–H groups in total. The van der Waals surface area contributed by atoms with Crippen LogP contribution < -0.4 is 4.90 Å². The molecule has 2 saturated heterocycles. The number of benzene rings is 1. The molecule has 0 aliphatic carbocycles. The summed E-state index contributed by atoms with van der Waals surface area (Å²) in [5.41, 5.74) is 1.02. The summed E-state index contributed by atoms with van der Waals surface area (Å²) >= 11 is 0. The molecular formula is C21H32N2O3. The van der Waals surface area contributed by atoms with Crippen LogP contribution >= 0.6 is 0 Å². The van der Waals surface area contributed by atoms with Crippen LogP contribution in [0.5, 0.6) is 0 Å². The molecule has 0 radical (unpaired) electrons. The molecule has 1 aromatic rings. The van der Waals surface area contributed by atoms with Crippen molar-refractivity contribution in [3.63, 3.8) is 0 Å². The van der Waals surface area contributed by atoms with Crippen LogP contribution in [-0.2, 0) is 14.3 Å². The van der Waals surface area contributed by atoms with E-state index in [9.17, 15) is 4.79 Å². The molecular weight excluding hydrogens is 328 g/mol. The Bertz CT molecular complexity index is 560. The fourth-order valence-electron chi connectivity index (χ4n) is 4.08. The molecule has 0 spiro atoms. The summed E-state index contributed by atoms with van der Waals surface area (Å²) in [7, 11) is 0. The third-order valence-corrected chi connectivity index (χ3v) is 5.46. The Morgan fingerprint density at radius 2 is 1.96 bits per heavy atom. The van der Waals surface area contributed by atoms with Gasteiger partial charge in [0.1, 0.15) is 0 Å². The highest BCUT2D eigenvalue weighted by Crippen LogP contribution is 2.28. The fraction of sp³-hybridized carbons (Fsp3) is 0.667. The molecule has 0 aromatic heterocycles. The third kappa shape index (κ3) is 4.84. The van der Waals surface area contributed by atoms with Gasteiger partial charge in [-0.1, -0.05) is 32.0 Å². The summed E-state index contributed by atoms with van der Waals surface area (Å²) in [5, 5.41) is 0. The highest BCUT2D eigenvalue weighted by molar-refractivity contribution is 5.93. The van der Waals surface area contributed by atoms with E-state index in [1.54, 1.807) is 0 Å². The van der Waals surface area contributed by atoms with Crippen molar-refractivity contribution in [2.24, 2.45) is 5.92 Å². The molecule has 2 unspecified atom stereocenters. The number of rotatable bonds is 6. The second-order valence-electron chi connectivity index (χ2n) is 7.40. The maximum Gasteiger partial charge on any atom is 0.226 e. The van der Waals surface area contributed by atoms with E-state index in [1.807, 2.05) is 42.2 Å². The van der Waals surface area contributed by atoms with Gasteiger partial charge in [-0.15, -0.1) is 0 Å². The average Bonchev–Trinajstić information content (AvgIpc) is 2.69. The average molecular weight is 360 g/mol. The maximum absolute atomic E-state index is 12.7. The number of ether oxygens (including phenoxy) is 2. The van der Waals surface area contributed by atoms with Gasteiger partial charge in [-0.2, -0.15) is 0 Å². The Kier molecular flexibility index (Phi) is 7.06. The predicted octanol–water partition coefficient (Wildman–Crippen LogP) is 3.29. The monoisotopic (exact) mass is 360 g/mol. The predicted molar refractivity (Wildman–Crippen MR) is 103 cm³/mol. The van der Waals surface area contributed by atoms with E-state index >= 15 is 0 Å². The van der Waals surface area contributed by atoms with Crippen molar-refractivity contribution in [3.8, 4) is 0 Å². The first kappa shape index (κ1) is 19.3. The molecule has 2 heterocycles. The SMILES string of the molecule is CCC(=O)N(c1ccccc1)C1CCN(CCC2OCCCO2)CC1C. The highest BCUT2D eigenvalue weighted by atomic mass is 16.7. The number of anilines is 1. The van der Waals surface area contributed by atoms with Gasteiger partial charge in [-0.05, 0) is 30.9 Å². The zero-order chi connectivity index (χ0) is 18.4. The Labute approximate surface area is 157 Å². The molecule has 0 bridgehead atoms. The largest absolute Gasteiger partial charge is 0.353 e. The lowest BCUT2D eigenvalue weighted by atomic mass is 9.91. The third-order valence-electron chi connectivity index (χ3n) is 5.46. The minimum atomic E-state index is -0.0423. The molecule has 2 aliphatic rings. The lowest BCUT2D eigenvalue weighted by Gasteiger charge is -2.43. The van der Waals surface area contributed by atoms with Crippen molar-refractivity contribution in [3.05, 3.63) is 30.3 Å². The van der Waals surface area contributed by atoms with Crippen LogP contribution in [0.25, 0.3) is 0 Å². The zero-order valence-electron chi connectivity index (χ0n) is 16.1. The van der Waals surface area contributed by atoms with Crippen molar-refractivity contribution in [2.45, 2.75) is 51.9 Å². The van der Waals surface area contributed by atoms with Crippen LogP contribution in [0, 0.1) is 5.92 Å². The van der Waals surface area contributed by atoms with Crippen LogP contribution in [-0.4, -0.2) is 56.0 Å². The van der Waals surface area contributed by atoms with Crippen molar-refractivity contribution in [1.29, 1.82) is 0 Å². The van der Waals surface area contributed by atoms with Gasteiger partial charge in [0.2, 0.25) is 5.91 Å². The smallest absolute Gasteiger partial charge is 0.226 e. The van der Waals surface area contributed by atoms with Crippen LogP contribution in [0.1, 0.15) is 39.5 Å². The summed E-state index contributed by atoms with van der Waals surface area (Å²) < 4.78 is 11.3. The van der Waals surface area contributed by atoms with Gasteiger partial charge >= 0.3 is 0 Å². The second-order valence-corrected chi connectivity index (χ2v) is 7.40. The van der Waals surface area contributed by atoms with E-state index in [1.165, 1.54) is 0 Å². The Hall–Kier alpha value is -1.43. The van der Waals surface area contributed by atoms with Crippen molar-refractivity contribution in [2.75, 3.05) is 37.7 Å². The van der Waals surface area contributed by atoms with Crippen LogP contribution in [0.3, 0.4) is 0 Å². The number of piperidine rings is 1. The molecule has 2 fully saturated rings. The molecule has 2 aliphatic heterocycles. The molecule has 1 amide bonds. The van der Waals surface area contributed by atoms with Gasteiger partial charge in [0.05, 0.1) is 13.2 Å². The van der Waals surface area contributed by atoms with E-state index in [4.69, 9.17) is 9.47 Å². The van der Waals surface area contributed by atoms with Gasteiger partial charge in [0, 0.05) is 44.2 Å². The van der Waals surface area contributed by atoms with Gasteiger partial charge in [0.25, 0.3) is 0 Å². The first-order chi connectivity index (χ1) is 12.7. The van der Waals surface area contributed by atoms with Gasteiger partial charge < -0.3 is 19.3 Å². The number of hydrogen-bond acceptors (Lipinski definition) is 4. The van der Waals surface area contributed by atoms with E-state index < -0.39 is 0 Å². The topological polar surface area (TPSA) is 42.0 Å². The van der Waals surface area contributed by atoms with Crippen LogP contribution in [0.2, 0.25) is 0 Å². The molecule has 5 nitrogen and oxygen atoms in total.